The quantitative estimate of drug-likeness (QED) is 0.373. The minimum Gasteiger partial charge on any atom is -0.463 e. The third-order valence-corrected chi connectivity index (χ3v) is 3.21. The summed E-state index contributed by atoms with van der Waals surface area (Å²) < 4.78 is 20.6. The molecule has 1 rings (SSSR count). The van der Waals surface area contributed by atoms with Gasteiger partial charge in [0.1, 0.15) is 18.8 Å². The third-order valence-electron chi connectivity index (χ3n) is 3.09. The fourth-order valence-electron chi connectivity index (χ4n) is 2.31. The maximum Gasteiger partial charge on any atom is 0.303 e. The van der Waals surface area contributed by atoms with Gasteiger partial charge in [0, 0.05) is 20.8 Å². The van der Waals surface area contributed by atoms with Crippen LogP contribution in [0.15, 0.2) is 0 Å². The maximum atomic E-state index is 11.4. The van der Waals surface area contributed by atoms with E-state index in [1.54, 1.807) is 6.92 Å². The van der Waals surface area contributed by atoms with Crippen LogP contribution in [0.25, 0.3) is 0 Å². The van der Waals surface area contributed by atoms with Gasteiger partial charge >= 0.3 is 17.9 Å². The average Bonchev–Trinajstić information content (AvgIpc) is 2.42. The zero-order chi connectivity index (χ0) is 18.4. The molecule has 0 bridgehead atoms. The summed E-state index contributed by atoms with van der Waals surface area (Å²) in [5, 5.41) is 12.9. The van der Waals surface area contributed by atoms with Crippen molar-refractivity contribution in [2.75, 3.05) is 6.61 Å². The predicted molar refractivity (Wildman–Crippen MR) is 83.8 cm³/mol. The number of rotatable bonds is 5. The van der Waals surface area contributed by atoms with E-state index >= 15 is 0 Å². The van der Waals surface area contributed by atoms with Crippen molar-refractivity contribution in [3.63, 3.8) is 0 Å². The number of ether oxygens (including phenoxy) is 4. The molecule has 0 aromatic carbocycles. The molecule has 1 fully saturated rings. The second kappa shape index (κ2) is 8.90. The van der Waals surface area contributed by atoms with Crippen molar-refractivity contribution < 1.29 is 38.4 Å². The highest BCUT2D eigenvalue weighted by atomic mass is 32.1. The van der Waals surface area contributed by atoms with Crippen LogP contribution in [0.5, 0.6) is 0 Å². The standard InChI is InChI=1S/C14H21NO8S/c1-6(24)15-11-13(22-9(4)18)12(21-8(3)17)10(23-14(11)19)5-20-7(2)16/h10-14,19H,5H2,1-4H3,(H,15,24)/t10-,11-,12+,13-,14+/m1/s1. The first kappa shape index (κ1) is 20.3. The fourth-order valence-corrected chi connectivity index (χ4v) is 2.44. The van der Waals surface area contributed by atoms with Gasteiger partial charge in [-0.2, -0.15) is 0 Å². The number of carbonyl (C=O) groups excluding carboxylic acids is 3. The lowest BCUT2D eigenvalue weighted by molar-refractivity contribution is -0.263. The Bertz CT molecular complexity index is 511. The second-order valence-electron chi connectivity index (χ2n) is 5.24. The van der Waals surface area contributed by atoms with Gasteiger partial charge in [0.25, 0.3) is 0 Å². The molecule has 0 unspecified atom stereocenters. The van der Waals surface area contributed by atoms with Crippen LogP contribution in [0.4, 0.5) is 0 Å². The minimum absolute atomic E-state index is 0.286. The topological polar surface area (TPSA) is 120 Å². The van der Waals surface area contributed by atoms with Crippen LogP contribution in [0.1, 0.15) is 27.7 Å². The van der Waals surface area contributed by atoms with Gasteiger partial charge in [0.2, 0.25) is 0 Å². The second-order valence-corrected chi connectivity index (χ2v) is 5.85. The molecule has 0 saturated carbocycles. The van der Waals surface area contributed by atoms with E-state index in [2.05, 4.69) is 5.32 Å². The molecule has 0 spiro atoms. The Hall–Kier alpha value is -1.78. The molecule has 0 amide bonds. The van der Waals surface area contributed by atoms with Gasteiger partial charge in [-0.1, -0.05) is 12.2 Å². The van der Waals surface area contributed by atoms with Gasteiger partial charge in [0.05, 0.1) is 4.99 Å². The van der Waals surface area contributed by atoms with Crippen LogP contribution >= 0.6 is 12.2 Å². The van der Waals surface area contributed by atoms with Crippen molar-refractivity contribution >= 4 is 35.1 Å². The molecular formula is C14H21NO8S. The van der Waals surface area contributed by atoms with E-state index in [1.165, 1.54) is 20.8 Å². The molecule has 0 aromatic rings. The summed E-state index contributed by atoms with van der Waals surface area (Å²) in [6, 6.07) is -0.954. The zero-order valence-electron chi connectivity index (χ0n) is 13.8. The van der Waals surface area contributed by atoms with Crippen LogP contribution in [0.2, 0.25) is 0 Å². The normalized spacial score (nSPS) is 29.3. The number of hydrogen-bond acceptors (Lipinski definition) is 9. The molecule has 24 heavy (non-hydrogen) atoms. The molecule has 10 heteroatoms. The molecule has 1 saturated heterocycles. The summed E-state index contributed by atoms with van der Waals surface area (Å²) in [6.07, 6.45) is -4.63. The first-order chi connectivity index (χ1) is 11.1. The Morgan fingerprint density at radius 3 is 2.04 bits per heavy atom. The largest absolute Gasteiger partial charge is 0.463 e. The minimum atomic E-state index is -1.43. The molecule has 2 N–H and O–H groups in total. The summed E-state index contributed by atoms with van der Waals surface area (Å²) in [7, 11) is 0. The van der Waals surface area contributed by atoms with E-state index in [1.807, 2.05) is 0 Å². The number of thiocarbonyl (C=S) groups is 1. The summed E-state index contributed by atoms with van der Waals surface area (Å²) in [5.74, 6) is -1.87. The Morgan fingerprint density at radius 2 is 1.58 bits per heavy atom. The first-order valence-electron chi connectivity index (χ1n) is 7.20. The number of carbonyl (C=O) groups is 3. The van der Waals surface area contributed by atoms with Crippen molar-refractivity contribution in [3.05, 3.63) is 0 Å². The van der Waals surface area contributed by atoms with Gasteiger partial charge < -0.3 is 29.4 Å². The van der Waals surface area contributed by atoms with Crippen LogP contribution in [0, 0.1) is 0 Å². The Kier molecular flexibility index (Phi) is 7.52. The molecule has 0 radical (unpaired) electrons. The van der Waals surface area contributed by atoms with Crippen LogP contribution in [0.3, 0.4) is 0 Å². The lowest BCUT2D eigenvalue weighted by atomic mass is 9.96. The molecule has 0 aliphatic carbocycles. The van der Waals surface area contributed by atoms with Crippen LogP contribution in [-0.2, 0) is 33.3 Å². The molecule has 5 atom stereocenters. The average molecular weight is 363 g/mol. The van der Waals surface area contributed by atoms with Crippen molar-refractivity contribution in [3.8, 4) is 0 Å². The molecule has 1 heterocycles. The summed E-state index contributed by atoms with van der Waals surface area (Å²) in [4.78, 5) is 34.1. The zero-order valence-corrected chi connectivity index (χ0v) is 14.6. The van der Waals surface area contributed by atoms with Gasteiger partial charge in [-0.25, -0.2) is 0 Å². The van der Waals surface area contributed by atoms with Crippen molar-refractivity contribution in [1.29, 1.82) is 0 Å². The van der Waals surface area contributed by atoms with Gasteiger partial charge in [-0.05, 0) is 6.92 Å². The number of aliphatic hydroxyl groups is 1. The number of aliphatic hydroxyl groups excluding tert-OH is 1. The summed E-state index contributed by atoms with van der Waals surface area (Å²) in [5.41, 5.74) is 0. The summed E-state index contributed by atoms with van der Waals surface area (Å²) in [6.45, 7) is 4.83. The van der Waals surface area contributed by atoms with Crippen LogP contribution < -0.4 is 5.32 Å². The highest BCUT2D eigenvalue weighted by Crippen LogP contribution is 2.26. The van der Waals surface area contributed by atoms with E-state index in [0.29, 0.717) is 4.99 Å². The number of esters is 3. The highest BCUT2D eigenvalue weighted by molar-refractivity contribution is 7.80. The monoisotopic (exact) mass is 363 g/mol. The maximum absolute atomic E-state index is 11.4. The van der Waals surface area contributed by atoms with Crippen LogP contribution in [-0.4, -0.2) is 65.3 Å². The molecule has 1 aliphatic rings. The first-order valence-corrected chi connectivity index (χ1v) is 7.61. The molecular weight excluding hydrogens is 342 g/mol. The molecule has 1 aliphatic heterocycles. The lowest BCUT2D eigenvalue weighted by Crippen LogP contribution is -2.65. The van der Waals surface area contributed by atoms with Gasteiger partial charge in [-0.15, -0.1) is 0 Å². The summed E-state index contributed by atoms with van der Waals surface area (Å²) >= 11 is 4.94. The SMILES string of the molecule is CC(=O)OC[C@H]1O[C@H](O)[C@H](NC(C)=S)[C@@H](OC(C)=O)[C@H]1OC(C)=O. The van der Waals surface area contributed by atoms with E-state index in [4.69, 9.17) is 31.2 Å². The van der Waals surface area contributed by atoms with Gasteiger partial charge in [0.15, 0.2) is 18.5 Å². The smallest absolute Gasteiger partial charge is 0.303 e. The number of nitrogens with one attached hydrogen (secondary N) is 1. The van der Waals surface area contributed by atoms with E-state index in [0.717, 1.165) is 0 Å². The van der Waals surface area contributed by atoms with Crippen molar-refractivity contribution in [2.45, 2.75) is 58.3 Å². The Morgan fingerprint density at radius 1 is 1.04 bits per heavy atom. The lowest BCUT2D eigenvalue weighted by Gasteiger charge is -2.43. The molecule has 9 nitrogen and oxygen atoms in total. The van der Waals surface area contributed by atoms with Crippen molar-refractivity contribution in [2.24, 2.45) is 0 Å². The molecule has 136 valence electrons. The third kappa shape index (κ3) is 6.02. The van der Waals surface area contributed by atoms with Crippen molar-refractivity contribution in [1.82, 2.24) is 5.32 Å². The number of hydrogen-bond donors (Lipinski definition) is 2. The molecule has 0 aromatic heterocycles. The highest BCUT2D eigenvalue weighted by Gasteiger charge is 2.50. The van der Waals surface area contributed by atoms with E-state index in [-0.39, 0.29) is 6.61 Å². The Balaban J connectivity index is 3.11. The Labute approximate surface area is 144 Å². The van der Waals surface area contributed by atoms with Gasteiger partial charge in [-0.3, -0.25) is 14.4 Å². The van der Waals surface area contributed by atoms with E-state index in [9.17, 15) is 19.5 Å². The predicted octanol–water partition coefficient (Wildman–Crippen LogP) is -0.564. The van der Waals surface area contributed by atoms with E-state index < -0.39 is 48.6 Å². The fraction of sp³-hybridized carbons (Fsp3) is 0.714.